The number of amides is 2. The highest BCUT2D eigenvalue weighted by atomic mass is 16.4. The van der Waals surface area contributed by atoms with Crippen LogP contribution in [-0.2, 0) is 20.8 Å². The van der Waals surface area contributed by atoms with Gasteiger partial charge in [-0.05, 0) is 32.1 Å². The minimum Gasteiger partial charge on any atom is -0.480 e. The summed E-state index contributed by atoms with van der Waals surface area (Å²) in [5, 5.41) is 9.11. The van der Waals surface area contributed by atoms with E-state index in [1.807, 2.05) is 50.2 Å². The third-order valence-corrected chi connectivity index (χ3v) is 4.59. The number of carbonyl (C=O) groups is 3. The van der Waals surface area contributed by atoms with Gasteiger partial charge < -0.3 is 19.8 Å². The summed E-state index contributed by atoms with van der Waals surface area (Å²) in [5.41, 5.74) is 1.90. The second-order valence-corrected chi connectivity index (χ2v) is 6.84. The predicted octanol–water partition coefficient (Wildman–Crippen LogP) is 1.08. The van der Waals surface area contributed by atoms with Crippen molar-refractivity contribution in [2.75, 3.05) is 45.2 Å². The molecule has 0 saturated carbocycles. The van der Waals surface area contributed by atoms with E-state index < -0.39 is 11.9 Å². The van der Waals surface area contributed by atoms with E-state index in [-0.39, 0.29) is 24.8 Å². The number of carboxylic acid groups (broad SMARTS) is 1. The van der Waals surface area contributed by atoms with E-state index in [4.69, 9.17) is 5.11 Å². The Balaban J connectivity index is 2.14. The number of rotatable bonds is 8. The van der Waals surface area contributed by atoms with Crippen LogP contribution in [-0.4, -0.2) is 73.0 Å². The molecule has 26 heavy (non-hydrogen) atoms. The molecule has 0 bridgehead atoms. The Morgan fingerprint density at radius 3 is 2.54 bits per heavy atom. The number of likely N-dealkylation sites (N-methyl/N-ethyl adjacent to an activating group) is 1. The largest absolute Gasteiger partial charge is 0.480 e. The van der Waals surface area contributed by atoms with Crippen LogP contribution in [0.4, 0.5) is 5.69 Å². The summed E-state index contributed by atoms with van der Waals surface area (Å²) >= 11 is 0. The summed E-state index contributed by atoms with van der Waals surface area (Å²) in [6.45, 7) is 2.88. The molecule has 2 rings (SSSR count). The number of anilines is 1. The van der Waals surface area contributed by atoms with Crippen LogP contribution in [0.1, 0.15) is 18.9 Å². The molecule has 1 aromatic carbocycles. The number of carbonyl (C=O) groups excluding carboxylic acids is 2. The maximum absolute atomic E-state index is 12.8. The van der Waals surface area contributed by atoms with Crippen molar-refractivity contribution < 1.29 is 19.5 Å². The Bertz CT molecular complexity index is 675. The molecular formula is C19H27N3O4. The summed E-state index contributed by atoms with van der Waals surface area (Å²) in [4.78, 5) is 41.4. The normalized spacial score (nSPS) is 17.0. The molecule has 0 aromatic heterocycles. The van der Waals surface area contributed by atoms with Gasteiger partial charge >= 0.3 is 5.97 Å². The Morgan fingerprint density at radius 2 is 1.92 bits per heavy atom. The van der Waals surface area contributed by atoms with Gasteiger partial charge in [-0.3, -0.25) is 14.4 Å². The zero-order valence-electron chi connectivity index (χ0n) is 15.6. The molecule has 1 aliphatic rings. The van der Waals surface area contributed by atoms with Gasteiger partial charge in [-0.2, -0.15) is 0 Å². The lowest BCUT2D eigenvalue weighted by Gasteiger charge is -2.25. The Morgan fingerprint density at radius 1 is 1.23 bits per heavy atom. The Kier molecular flexibility index (Phi) is 6.74. The maximum Gasteiger partial charge on any atom is 0.323 e. The molecule has 7 heteroatoms. The van der Waals surface area contributed by atoms with Crippen molar-refractivity contribution in [2.24, 2.45) is 5.92 Å². The van der Waals surface area contributed by atoms with Crippen molar-refractivity contribution in [1.29, 1.82) is 0 Å². The van der Waals surface area contributed by atoms with Crippen LogP contribution in [0.15, 0.2) is 24.3 Å². The van der Waals surface area contributed by atoms with E-state index in [1.165, 1.54) is 4.90 Å². The van der Waals surface area contributed by atoms with Crippen LogP contribution >= 0.6 is 0 Å². The zero-order chi connectivity index (χ0) is 19.3. The first kappa shape index (κ1) is 19.9. The molecule has 0 spiro atoms. The molecule has 142 valence electrons. The van der Waals surface area contributed by atoms with E-state index in [9.17, 15) is 14.4 Å². The number of hydrogen-bond acceptors (Lipinski definition) is 4. The lowest BCUT2D eigenvalue weighted by molar-refractivity contribution is -0.146. The van der Waals surface area contributed by atoms with Crippen molar-refractivity contribution in [1.82, 2.24) is 9.80 Å². The van der Waals surface area contributed by atoms with Crippen LogP contribution in [0.5, 0.6) is 0 Å². The fourth-order valence-corrected chi connectivity index (χ4v) is 3.19. The Hall–Kier alpha value is -2.41. The number of benzene rings is 1. The predicted molar refractivity (Wildman–Crippen MR) is 99.0 cm³/mol. The van der Waals surface area contributed by atoms with E-state index in [0.29, 0.717) is 19.6 Å². The molecule has 1 atom stereocenters. The number of aliphatic carboxylic acids is 1. The molecule has 1 aromatic rings. The SMILES string of the molecule is CCc1ccccc1N1C[C@@H](C(=O)N(CCN(C)C)CC(=O)O)CC1=O. The van der Waals surface area contributed by atoms with E-state index in [2.05, 4.69) is 0 Å². The average Bonchev–Trinajstić information content (AvgIpc) is 2.99. The van der Waals surface area contributed by atoms with Crippen molar-refractivity contribution in [3.8, 4) is 0 Å². The zero-order valence-corrected chi connectivity index (χ0v) is 15.6. The first-order chi connectivity index (χ1) is 12.3. The summed E-state index contributed by atoms with van der Waals surface area (Å²) in [5.74, 6) is -1.91. The van der Waals surface area contributed by atoms with E-state index >= 15 is 0 Å². The molecule has 2 amide bonds. The summed E-state index contributed by atoms with van der Waals surface area (Å²) in [6.07, 6.45) is 0.918. The first-order valence-corrected chi connectivity index (χ1v) is 8.87. The smallest absolute Gasteiger partial charge is 0.323 e. The lowest BCUT2D eigenvalue weighted by Crippen LogP contribution is -2.43. The molecule has 1 fully saturated rings. The third-order valence-electron chi connectivity index (χ3n) is 4.59. The summed E-state index contributed by atoms with van der Waals surface area (Å²) in [6, 6.07) is 7.68. The average molecular weight is 361 g/mol. The number of aryl methyl sites for hydroxylation is 1. The summed E-state index contributed by atoms with van der Waals surface area (Å²) in [7, 11) is 3.73. The number of nitrogens with zero attached hydrogens (tertiary/aromatic N) is 3. The van der Waals surface area contributed by atoms with Gasteiger partial charge in [0, 0.05) is 31.7 Å². The van der Waals surface area contributed by atoms with Gasteiger partial charge in [-0.15, -0.1) is 0 Å². The molecule has 0 aliphatic carbocycles. The van der Waals surface area contributed by atoms with E-state index in [0.717, 1.165) is 17.7 Å². The van der Waals surface area contributed by atoms with Crippen molar-refractivity contribution in [3.63, 3.8) is 0 Å². The van der Waals surface area contributed by atoms with Crippen LogP contribution in [0.25, 0.3) is 0 Å². The molecule has 1 aliphatic heterocycles. The van der Waals surface area contributed by atoms with Gasteiger partial charge in [0.05, 0.1) is 5.92 Å². The second-order valence-electron chi connectivity index (χ2n) is 6.84. The highest BCUT2D eigenvalue weighted by Gasteiger charge is 2.38. The highest BCUT2D eigenvalue weighted by Crippen LogP contribution is 2.29. The fraction of sp³-hybridized carbons (Fsp3) is 0.526. The standard InChI is InChI=1S/C19H27N3O4/c1-4-14-7-5-6-8-16(14)22-12-15(11-17(22)23)19(26)21(13-18(24)25)10-9-20(2)3/h5-8,15H,4,9-13H2,1-3H3,(H,24,25)/t15-/m0/s1. The van der Waals surface area contributed by atoms with Crippen LogP contribution in [0.2, 0.25) is 0 Å². The second kappa shape index (κ2) is 8.80. The molecule has 1 N–H and O–H groups in total. The quantitative estimate of drug-likeness (QED) is 0.749. The maximum atomic E-state index is 12.8. The van der Waals surface area contributed by atoms with Gasteiger partial charge in [-0.25, -0.2) is 0 Å². The van der Waals surface area contributed by atoms with Gasteiger partial charge in [0.15, 0.2) is 0 Å². The number of hydrogen-bond donors (Lipinski definition) is 1. The molecule has 0 radical (unpaired) electrons. The first-order valence-electron chi connectivity index (χ1n) is 8.87. The molecule has 1 saturated heterocycles. The number of carboxylic acids is 1. The van der Waals surface area contributed by atoms with Gasteiger partial charge in [-0.1, -0.05) is 25.1 Å². The topological polar surface area (TPSA) is 81.2 Å². The van der Waals surface area contributed by atoms with Gasteiger partial charge in [0.25, 0.3) is 0 Å². The molecular weight excluding hydrogens is 334 g/mol. The van der Waals surface area contributed by atoms with Crippen molar-refractivity contribution >= 4 is 23.5 Å². The van der Waals surface area contributed by atoms with E-state index in [1.54, 1.807) is 4.90 Å². The van der Waals surface area contributed by atoms with Crippen LogP contribution < -0.4 is 4.90 Å². The lowest BCUT2D eigenvalue weighted by atomic mass is 10.1. The van der Waals surface area contributed by atoms with Crippen LogP contribution in [0.3, 0.4) is 0 Å². The third kappa shape index (κ3) is 4.82. The van der Waals surface area contributed by atoms with Gasteiger partial charge in [0.1, 0.15) is 6.54 Å². The monoisotopic (exact) mass is 361 g/mol. The van der Waals surface area contributed by atoms with Gasteiger partial charge in [0.2, 0.25) is 11.8 Å². The number of para-hydroxylation sites is 1. The Labute approximate surface area is 154 Å². The highest BCUT2D eigenvalue weighted by molar-refractivity contribution is 6.01. The van der Waals surface area contributed by atoms with Crippen LogP contribution in [0, 0.1) is 5.92 Å². The fourth-order valence-electron chi connectivity index (χ4n) is 3.19. The van der Waals surface area contributed by atoms with Crippen molar-refractivity contribution in [2.45, 2.75) is 19.8 Å². The molecule has 0 unspecified atom stereocenters. The molecule has 7 nitrogen and oxygen atoms in total. The minimum atomic E-state index is -1.05. The minimum absolute atomic E-state index is 0.0906. The summed E-state index contributed by atoms with van der Waals surface area (Å²) < 4.78 is 0. The van der Waals surface area contributed by atoms with Crippen molar-refractivity contribution in [3.05, 3.63) is 29.8 Å². The molecule has 1 heterocycles.